The number of carbonyl (C=O) groups excluding carboxylic acids is 2. The Balaban J connectivity index is 1.94. The van der Waals surface area contributed by atoms with Gasteiger partial charge in [0.05, 0.1) is 30.6 Å². The van der Waals surface area contributed by atoms with Gasteiger partial charge in [-0.15, -0.1) is 0 Å². The highest BCUT2D eigenvalue weighted by atomic mass is 16.5. The summed E-state index contributed by atoms with van der Waals surface area (Å²) in [5.41, 5.74) is 2.64. The van der Waals surface area contributed by atoms with Crippen molar-refractivity contribution in [2.75, 3.05) is 18.1 Å². The van der Waals surface area contributed by atoms with E-state index in [1.54, 1.807) is 36.4 Å². The molecule has 34 heavy (non-hydrogen) atoms. The van der Waals surface area contributed by atoms with Gasteiger partial charge in [-0.3, -0.25) is 14.5 Å². The number of aliphatic hydroxyl groups excluding tert-OH is 1. The monoisotopic (exact) mass is 461 g/mol. The topological polar surface area (TPSA) is 89.2 Å². The first-order chi connectivity index (χ1) is 16.4. The molecule has 1 amide bonds. The average Bonchev–Trinajstić information content (AvgIpc) is 3.43. The van der Waals surface area contributed by atoms with E-state index in [0.717, 1.165) is 11.1 Å². The number of furan rings is 1. The van der Waals surface area contributed by atoms with Crippen molar-refractivity contribution in [1.29, 1.82) is 0 Å². The minimum absolute atomic E-state index is 0.0639. The fourth-order valence-electron chi connectivity index (χ4n) is 4.17. The Bertz CT molecular complexity index is 1260. The number of rotatable bonds is 7. The Morgan fingerprint density at radius 3 is 2.47 bits per heavy atom. The van der Waals surface area contributed by atoms with Crippen molar-refractivity contribution in [2.24, 2.45) is 0 Å². The van der Waals surface area contributed by atoms with Crippen LogP contribution in [0.25, 0.3) is 5.76 Å². The lowest BCUT2D eigenvalue weighted by Crippen LogP contribution is -2.30. The van der Waals surface area contributed by atoms with Gasteiger partial charge in [-0.05, 0) is 69.2 Å². The molecule has 1 unspecified atom stereocenters. The van der Waals surface area contributed by atoms with Crippen LogP contribution in [-0.4, -0.2) is 30.0 Å². The second kappa shape index (κ2) is 9.47. The molecular formula is C27H27NO6. The van der Waals surface area contributed by atoms with Crippen molar-refractivity contribution in [3.05, 3.63) is 82.8 Å². The first-order valence-corrected chi connectivity index (χ1v) is 11.2. The molecule has 0 aliphatic carbocycles. The zero-order chi connectivity index (χ0) is 24.4. The van der Waals surface area contributed by atoms with E-state index in [1.165, 1.54) is 11.2 Å². The van der Waals surface area contributed by atoms with Gasteiger partial charge >= 0.3 is 0 Å². The molecule has 7 nitrogen and oxygen atoms in total. The minimum Gasteiger partial charge on any atom is -0.507 e. The van der Waals surface area contributed by atoms with Crippen LogP contribution in [0.5, 0.6) is 11.5 Å². The fourth-order valence-corrected chi connectivity index (χ4v) is 4.17. The van der Waals surface area contributed by atoms with Crippen molar-refractivity contribution < 1.29 is 28.6 Å². The van der Waals surface area contributed by atoms with E-state index < -0.39 is 17.7 Å². The largest absolute Gasteiger partial charge is 0.507 e. The zero-order valence-electron chi connectivity index (χ0n) is 19.6. The van der Waals surface area contributed by atoms with Gasteiger partial charge in [-0.1, -0.05) is 12.1 Å². The normalized spacial score (nSPS) is 17.3. The van der Waals surface area contributed by atoms with Gasteiger partial charge in [0, 0.05) is 11.8 Å². The highest BCUT2D eigenvalue weighted by Gasteiger charge is 2.49. The number of anilines is 1. The number of nitrogens with zero attached hydrogens (tertiary/aromatic N) is 1. The number of aryl methyl sites for hydroxylation is 1. The molecule has 1 atom stereocenters. The number of hydrogen-bond donors (Lipinski definition) is 1. The van der Waals surface area contributed by atoms with E-state index >= 15 is 0 Å². The van der Waals surface area contributed by atoms with Crippen LogP contribution in [0.15, 0.2) is 64.8 Å². The Kier molecular flexibility index (Phi) is 6.45. The second-order valence-electron chi connectivity index (χ2n) is 7.93. The molecule has 176 valence electrons. The molecule has 0 spiro atoms. The average molecular weight is 462 g/mol. The Labute approximate surface area is 198 Å². The number of benzene rings is 2. The van der Waals surface area contributed by atoms with Gasteiger partial charge in [0.2, 0.25) is 0 Å². The first kappa shape index (κ1) is 23.2. The SMILES string of the molecule is CCOc1ccc(/C(O)=C2/C(=O)C(=O)N(c3cccc(C)c3C)C2c2ccco2)c(OCC)c1. The third kappa shape index (κ3) is 3.94. The Morgan fingerprint density at radius 1 is 1.03 bits per heavy atom. The summed E-state index contributed by atoms with van der Waals surface area (Å²) in [6, 6.07) is 12.9. The van der Waals surface area contributed by atoms with E-state index in [-0.39, 0.29) is 11.3 Å². The molecule has 1 aromatic heterocycles. The quantitative estimate of drug-likeness (QED) is 0.291. The molecular weight excluding hydrogens is 434 g/mol. The predicted octanol–water partition coefficient (Wildman–Crippen LogP) is 5.32. The smallest absolute Gasteiger partial charge is 0.300 e. The van der Waals surface area contributed by atoms with Gasteiger partial charge in [0.1, 0.15) is 29.1 Å². The van der Waals surface area contributed by atoms with Crippen LogP contribution in [0.3, 0.4) is 0 Å². The molecule has 1 saturated heterocycles. The zero-order valence-corrected chi connectivity index (χ0v) is 19.6. The van der Waals surface area contributed by atoms with Crippen LogP contribution in [0.4, 0.5) is 5.69 Å². The van der Waals surface area contributed by atoms with Gasteiger partial charge < -0.3 is 19.0 Å². The lowest BCUT2D eigenvalue weighted by molar-refractivity contribution is -0.132. The van der Waals surface area contributed by atoms with E-state index in [2.05, 4.69) is 0 Å². The maximum absolute atomic E-state index is 13.3. The van der Waals surface area contributed by atoms with Gasteiger partial charge in [0.25, 0.3) is 11.7 Å². The Hall–Kier alpha value is -4.00. The number of amides is 1. The number of aliphatic hydroxyl groups is 1. The number of Topliss-reactive ketones (excluding diaryl/α,β-unsaturated/α-hetero) is 1. The first-order valence-electron chi connectivity index (χ1n) is 11.2. The molecule has 1 aliphatic heterocycles. The molecule has 3 aromatic rings. The number of ether oxygens (including phenoxy) is 2. The summed E-state index contributed by atoms with van der Waals surface area (Å²) in [4.78, 5) is 28.0. The fraction of sp³-hybridized carbons (Fsp3) is 0.259. The number of ketones is 1. The highest BCUT2D eigenvalue weighted by molar-refractivity contribution is 6.51. The molecule has 2 aromatic carbocycles. The molecule has 0 bridgehead atoms. The molecule has 2 heterocycles. The number of carbonyl (C=O) groups is 2. The van der Waals surface area contributed by atoms with Gasteiger partial charge in [-0.25, -0.2) is 0 Å². The minimum atomic E-state index is -0.934. The van der Waals surface area contributed by atoms with E-state index in [9.17, 15) is 14.7 Å². The van der Waals surface area contributed by atoms with Crippen molar-refractivity contribution in [2.45, 2.75) is 33.7 Å². The molecule has 0 saturated carbocycles. The molecule has 4 rings (SSSR count). The van der Waals surface area contributed by atoms with Crippen molar-refractivity contribution in [1.82, 2.24) is 0 Å². The lowest BCUT2D eigenvalue weighted by Gasteiger charge is -2.25. The molecule has 1 fully saturated rings. The lowest BCUT2D eigenvalue weighted by atomic mass is 9.98. The van der Waals surface area contributed by atoms with Crippen LogP contribution in [0.1, 0.15) is 42.3 Å². The summed E-state index contributed by atoms with van der Waals surface area (Å²) >= 11 is 0. The summed E-state index contributed by atoms with van der Waals surface area (Å²) in [5.74, 6) is -0.579. The van der Waals surface area contributed by atoms with Gasteiger partial charge in [0.15, 0.2) is 0 Å². The van der Waals surface area contributed by atoms with Crippen LogP contribution in [0.2, 0.25) is 0 Å². The third-order valence-electron chi connectivity index (χ3n) is 5.91. The second-order valence-corrected chi connectivity index (χ2v) is 7.93. The summed E-state index contributed by atoms with van der Waals surface area (Å²) in [7, 11) is 0. The summed E-state index contributed by atoms with van der Waals surface area (Å²) in [6.45, 7) is 8.32. The Morgan fingerprint density at radius 2 is 1.79 bits per heavy atom. The molecule has 1 N–H and O–H groups in total. The maximum atomic E-state index is 13.3. The summed E-state index contributed by atoms with van der Waals surface area (Å²) in [5, 5.41) is 11.4. The van der Waals surface area contributed by atoms with E-state index in [4.69, 9.17) is 13.9 Å². The van der Waals surface area contributed by atoms with E-state index in [0.29, 0.717) is 41.7 Å². The van der Waals surface area contributed by atoms with E-state index in [1.807, 2.05) is 39.8 Å². The molecule has 1 aliphatic rings. The van der Waals surface area contributed by atoms with Crippen molar-refractivity contribution in [3.63, 3.8) is 0 Å². The standard InChI is InChI=1S/C27H27NO6/c1-5-32-18-12-13-19(22(15-18)33-6-2)25(29)23-24(21-11-8-14-34-21)28(27(31)26(23)30)20-10-7-9-16(3)17(20)4/h7-15,24,29H,5-6H2,1-4H3/b25-23-. The van der Waals surface area contributed by atoms with Crippen LogP contribution in [0, 0.1) is 13.8 Å². The van der Waals surface area contributed by atoms with Crippen molar-refractivity contribution in [3.8, 4) is 11.5 Å². The van der Waals surface area contributed by atoms with Crippen molar-refractivity contribution >= 4 is 23.1 Å². The molecule has 0 radical (unpaired) electrons. The van der Waals surface area contributed by atoms with Crippen LogP contribution >= 0.6 is 0 Å². The summed E-state index contributed by atoms with van der Waals surface area (Å²) < 4.78 is 16.9. The molecule has 7 heteroatoms. The van der Waals surface area contributed by atoms with Crippen LogP contribution < -0.4 is 14.4 Å². The number of hydrogen-bond acceptors (Lipinski definition) is 6. The van der Waals surface area contributed by atoms with Crippen LogP contribution in [-0.2, 0) is 9.59 Å². The third-order valence-corrected chi connectivity index (χ3v) is 5.91. The van der Waals surface area contributed by atoms with Gasteiger partial charge in [-0.2, -0.15) is 0 Å². The summed E-state index contributed by atoms with van der Waals surface area (Å²) in [6.07, 6.45) is 1.47. The maximum Gasteiger partial charge on any atom is 0.300 e. The predicted molar refractivity (Wildman–Crippen MR) is 128 cm³/mol. The highest BCUT2D eigenvalue weighted by Crippen LogP contribution is 2.44.